The number of rotatable bonds is 4. The molecule has 0 amide bonds. The predicted octanol–water partition coefficient (Wildman–Crippen LogP) is 1.51. The van der Waals surface area contributed by atoms with Crippen molar-refractivity contribution in [3.63, 3.8) is 0 Å². The van der Waals surface area contributed by atoms with Gasteiger partial charge in [0.2, 0.25) is 0 Å². The molecule has 1 fully saturated rings. The van der Waals surface area contributed by atoms with Crippen LogP contribution in [0.25, 0.3) is 0 Å². The first-order chi connectivity index (χ1) is 5.38. The average Bonchev–Trinajstić information content (AvgIpc) is 2.52. The van der Waals surface area contributed by atoms with Gasteiger partial charge >= 0.3 is 0 Å². The Morgan fingerprint density at radius 1 is 1.36 bits per heavy atom. The topological polar surface area (TPSA) is 12.5 Å². The molecule has 0 aromatic carbocycles. The zero-order valence-electron chi connectivity index (χ0n) is 7.68. The van der Waals surface area contributed by atoms with Crippen molar-refractivity contribution in [3.8, 4) is 0 Å². The van der Waals surface area contributed by atoms with Gasteiger partial charge in [-0.3, -0.25) is 4.90 Å². The van der Waals surface area contributed by atoms with Gasteiger partial charge in [0.05, 0.1) is 6.61 Å². The van der Waals surface area contributed by atoms with Gasteiger partial charge in [-0.25, -0.2) is 0 Å². The SMILES string of the molecule is CCC(COC)N1CCCC1. The molecular formula is C9H19NO. The number of nitrogens with zero attached hydrogens (tertiary/aromatic N) is 1. The van der Waals surface area contributed by atoms with Gasteiger partial charge in [0.25, 0.3) is 0 Å². The first kappa shape index (κ1) is 9.01. The van der Waals surface area contributed by atoms with E-state index in [1.807, 2.05) is 0 Å². The third-order valence-corrected chi connectivity index (χ3v) is 2.49. The molecule has 11 heavy (non-hydrogen) atoms. The summed E-state index contributed by atoms with van der Waals surface area (Å²) in [4.78, 5) is 2.55. The standard InChI is InChI=1S/C9H19NO/c1-3-9(8-11-2)10-6-4-5-7-10/h9H,3-8H2,1-2H3. The quantitative estimate of drug-likeness (QED) is 0.613. The highest BCUT2D eigenvalue weighted by atomic mass is 16.5. The summed E-state index contributed by atoms with van der Waals surface area (Å²) in [6, 6.07) is 0.669. The van der Waals surface area contributed by atoms with Gasteiger partial charge in [0, 0.05) is 13.2 Å². The smallest absolute Gasteiger partial charge is 0.0617 e. The Morgan fingerprint density at radius 2 is 2.00 bits per heavy atom. The Hall–Kier alpha value is -0.0800. The Balaban J connectivity index is 2.27. The van der Waals surface area contributed by atoms with Crippen LogP contribution in [0.15, 0.2) is 0 Å². The van der Waals surface area contributed by atoms with E-state index in [-0.39, 0.29) is 0 Å². The van der Waals surface area contributed by atoms with Crippen LogP contribution in [0.4, 0.5) is 0 Å². The van der Waals surface area contributed by atoms with E-state index in [1.54, 1.807) is 7.11 Å². The maximum Gasteiger partial charge on any atom is 0.0617 e. The Labute approximate surface area is 69.5 Å². The van der Waals surface area contributed by atoms with Crippen LogP contribution in [-0.2, 0) is 4.74 Å². The van der Waals surface area contributed by atoms with Gasteiger partial charge in [0.15, 0.2) is 0 Å². The molecule has 1 unspecified atom stereocenters. The van der Waals surface area contributed by atoms with Crippen molar-refractivity contribution in [3.05, 3.63) is 0 Å². The van der Waals surface area contributed by atoms with Gasteiger partial charge < -0.3 is 4.74 Å². The lowest BCUT2D eigenvalue weighted by Gasteiger charge is -2.25. The fourth-order valence-electron chi connectivity index (χ4n) is 1.78. The molecule has 1 aliphatic heterocycles. The summed E-state index contributed by atoms with van der Waals surface area (Å²) < 4.78 is 5.17. The number of methoxy groups -OCH3 is 1. The molecule has 0 aliphatic carbocycles. The first-order valence-corrected chi connectivity index (χ1v) is 4.61. The summed E-state index contributed by atoms with van der Waals surface area (Å²) in [6.45, 7) is 5.70. The van der Waals surface area contributed by atoms with Crippen molar-refractivity contribution in [2.45, 2.75) is 32.2 Å². The third-order valence-electron chi connectivity index (χ3n) is 2.49. The van der Waals surface area contributed by atoms with E-state index in [2.05, 4.69) is 11.8 Å². The Bertz CT molecular complexity index is 99.7. The third kappa shape index (κ3) is 2.46. The minimum absolute atomic E-state index is 0.669. The lowest BCUT2D eigenvalue weighted by molar-refractivity contribution is 0.103. The Kier molecular flexibility index (Phi) is 3.87. The highest BCUT2D eigenvalue weighted by molar-refractivity contribution is 4.74. The van der Waals surface area contributed by atoms with Crippen molar-refractivity contribution in [1.29, 1.82) is 0 Å². The minimum Gasteiger partial charge on any atom is -0.383 e. The second kappa shape index (κ2) is 4.73. The van der Waals surface area contributed by atoms with E-state index in [1.165, 1.54) is 32.4 Å². The van der Waals surface area contributed by atoms with Crippen LogP contribution in [-0.4, -0.2) is 37.7 Å². The number of hydrogen-bond acceptors (Lipinski definition) is 2. The van der Waals surface area contributed by atoms with E-state index in [0.29, 0.717) is 6.04 Å². The van der Waals surface area contributed by atoms with Crippen LogP contribution in [0, 0.1) is 0 Å². The van der Waals surface area contributed by atoms with E-state index < -0.39 is 0 Å². The van der Waals surface area contributed by atoms with Crippen molar-refractivity contribution >= 4 is 0 Å². The predicted molar refractivity (Wildman–Crippen MR) is 46.8 cm³/mol. The molecule has 0 radical (unpaired) electrons. The summed E-state index contributed by atoms with van der Waals surface area (Å²) >= 11 is 0. The van der Waals surface area contributed by atoms with Crippen LogP contribution < -0.4 is 0 Å². The highest BCUT2D eigenvalue weighted by Crippen LogP contribution is 2.13. The fraction of sp³-hybridized carbons (Fsp3) is 1.00. The molecule has 0 aromatic rings. The fourth-order valence-corrected chi connectivity index (χ4v) is 1.78. The molecule has 0 saturated carbocycles. The van der Waals surface area contributed by atoms with Crippen LogP contribution in [0.2, 0.25) is 0 Å². The van der Waals surface area contributed by atoms with Crippen molar-refractivity contribution in [1.82, 2.24) is 4.90 Å². The molecular weight excluding hydrogens is 138 g/mol. The van der Waals surface area contributed by atoms with E-state index in [9.17, 15) is 0 Å². The first-order valence-electron chi connectivity index (χ1n) is 4.61. The molecule has 1 heterocycles. The van der Waals surface area contributed by atoms with Crippen LogP contribution >= 0.6 is 0 Å². The van der Waals surface area contributed by atoms with Gasteiger partial charge in [-0.2, -0.15) is 0 Å². The van der Waals surface area contributed by atoms with Gasteiger partial charge in [-0.05, 0) is 32.4 Å². The molecule has 0 spiro atoms. The van der Waals surface area contributed by atoms with Crippen molar-refractivity contribution < 1.29 is 4.74 Å². The van der Waals surface area contributed by atoms with E-state index >= 15 is 0 Å². The van der Waals surface area contributed by atoms with Gasteiger partial charge in [-0.1, -0.05) is 6.92 Å². The minimum atomic E-state index is 0.669. The molecule has 2 heteroatoms. The van der Waals surface area contributed by atoms with Crippen molar-refractivity contribution in [2.75, 3.05) is 26.8 Å². The summed E-state index contributed by atoms with van der Waals surface area (Å²) in [6.07, 6.45) is 3.97. The number of ether oxygens (including phenoxy) is 1. The monoisotopic (exact) mass is 157 g/mol. The molecule has 2 nitrogen and oxygen atoms in total. The molecule has 0 aromatic heterocycles. The molecule has 1 saturated heterocycles. The molecule has 66 valence electrons. The van der Waals surface area contributed by atoms with Crippen LogP contribution in [0.5, 0.6) is 0 Å². The average molecular weight is 157 g/mol. The lowest BCUT2D eigenvalue weighted by Crippen LogP contribution is -2.35. The summed E-state index contributed by atoms with van der Waals surface area (Å²) in [5.41, 5.74) is 0. The van der Waals surface area contributed by atoms with E-state index in [4.69, 9.17) is 4.74 Å². The molecule has 1 atom stereocenters. The lowest BCUT2D eigenvalue weighted by atomic mass is 10.2. The van der Waals surface area contributed by atoms with Crippen LogP contribution in [0.1, 0.15) is 26.2 Å². The second-order valence-electron chi connectivity index (χ2n) is 3.26. The maximum atomic E-state index is 5.17. The zero-order chi connectivity index (χ0) is 8.10. The number of hydrogen-bond donors (Lipinski definition) is 0. The Morgan fingerprint density at radius 3 is 2.45 bits per heavy atom. The van der Waals surface area contributed by atoms with Gasteiger partial charge in [-0.15, -0.1) is 0 Å². The molecule has 1 rings (SSSR count). The second-order valence-corrected chi connectivity index (χ2v) is 3.26. The number of likely N-dealkylation sites (tertiary alicyclic amines) is 1. The molecule has 0 bridgehead atoms. The largest absolute Gasteiger partial charge is 0.383 e. The van der Waals surface area contributed by atoms with Crippen molar-refractivity contribution in [2.24, 2.45) is 0 Å². The van der Waals surface area contributed by atoms with Gasteiger partial charge in [0.1, 0.15) is 0 Å². The summed E-state index contributed by atoms with van der Waals surface area (Å²) in [5, 5.41) is 0. The van der Waals surface area contributed by atoms with Crippen LogP contribution in [0.3, 0.4) is 0 Å². The normalized spacial score (nSPS) is 22.4. The highest BCUT2D eigenvalue weighted by Gasteiger charge is 2.19. The van der Waals surface area contributed by atoms with E-state index in [0.717, 1.165) is 6.61 Å². The zero-order valence-corrected chi connectivity index (χ0v) is 7.68. The summed E-state index contributed by atoms with van der Waals surface area (Å²) in [5.74, 6) is 0. The summed E-state index contributed by atoms with van der Waals surface area (Å²) in [7, 11) is 1.79. The maximum absolute atomic E-state index is 5.17. The molecule has 0 N–H and O–H groups in total. The molecule has 1 aliphatic rings.